The van der Waals surface area contributed by atoms with Crippen molar-refractivity contribution in [3.05, 3.63) is 29.3 Å². The molecule has 1 aromatic rings. The van der Waals surface area contributed by atoms with Gasteiger partial charge in [0.05, 0.1) is 0 Å². The van der Waals surface area contributed by atoms with Crippen LogP contribution in [0.3, 0.4) is 0 Å². The smallest absolute Gasteiger partial charge is 0.248 e. The molecule has 2 aliphatic rings. The molecule has 0 bridgehead atoms. The number of rotatable bonds is 4. The van der Waals surface area contributed by atoms with E-state index >= 15 is 0 Å². The van der Waals surface area contributed by atoms with Crippen LogP contribution in [0.15, 0.2) is 24.3 Å². The molecule has 23 heavy (non-hydrogen) atoms. The number of piperidine rings is 1. The van der Waals surface area contributed by atoms with E-state index in [0.29, 0.717) is 5.91 Å². The molecule has 1 amide bonds. The van der Waals surface area contributed by atoms with E-state index in [4.69, 9.17) is 11.6 Å². The Hall–Kier alpha value is -1.22. The summed E-state index contributed by atoms with van der Waals surface area (Å²) >= 11 is 5.97. The molecule has 0 radical (unpaired) electrons. The fourth-order valence-electron chi connectivity index (χ4n) is 4.03. The van der Waals surface area contributed by atoms with Gasteiger partial charge < -0.3 is 10.2 Å². The molecule has 3 rings (SSSR count). The predicted octanol–water partition coefficient (Wildman–Crippen LogP) is 4.71. The number of anilines is 1. The van der Waals surface area contributed by atoms with Crippen molar-refractivity contribution in [3.63, 3.8) is 0 Å². The first-order chi connectivity index (χ1) is 11.1. The van der Waals surface area contributed by atoms with Gasteiger partial charge in [0, 0.05) is 23.8 Å². The average Bonchev–Trinajstić information content (AvgIpc) is 3.06. The van der Waals surface area contributed by atoms with Crippen molar-refractivity contribution in [2.45, 2.75) is 57.4 Å². The maximum absolute atomic E-state index is 13.2. The molecule has 1 N–H and O–H groups in total. The van der Waals surface area contributed by atoms with E-state index in [1.807, 2.05) is 24.3 Å². The van der Waals surface area contributed by atoms with Gasteiger partial charge in [-0.15, -0.1) is 0 Å². The fourth-order valence-corrected chi connectivity index (χ4v) is 4.15. The lowest BCUT2D eigenvalue weighted by atomic mass is 9.90. The molecule has 1 heterocycles. The molecule has 0 atom stereocenters. The Morgan fingerprint density at radius 3 is 2.39 bits per heavy atom. The molecule has 1 saturated heterocycles. The van der Waals surface area contributed by atoms with Gasteiger partial charge in [0.25, 0.3) is 0 Å². The van der Waals surface area contributed by atoms with Crippen molar-refractivity contribution < 1.29 is 4.79 Å². The van der Waals surface area contributed by atoms with Crippen molar-refractivity contribution in [1.82, 2.24) is 4.90 Å². The van der Waals surface area contributed by atoms with Gasteiger partial charge >= 0.3 is 0 Å². The van der Waals surface area contributed by atoms with Gasteiger partial charge in [-0.25, -0.2) is 0 Å². The number of benzene rings is 1. The Balaban J connectivity index is 1.72. The van der Waals surface area contributed by atoms with Crippen molar-refractivity contribution in [1.29, 1.82) is 0 Å². The van der Waals surface area contributed by atoms with Gasteiger partial charge in [0.2, 0.25) is 5.91 Å². The number of nitrogens with one attached hydrogen (secondary N) is 1. The van der Waals surface area contributed by atoms with Crippen LogP contribution in [0, 0.1) is 5.92 Å². The summed E-state index contributed by atoms with van der Waals surface area (Å²) in [5, 5.41) is 4.28. The molecular weight excluding hydrogens is 308 g/mol. The quantitative estimate of drug-likeness (QED) is 0.864. The fraction of sp³-hybridized carbons (Fsp3) is 0.632. The van der Waals surface area contributed by atoms with E-state index in [0.717, 1.165) is 68.2 Å². The largest absolute Gasteiger partial charge is 0.371 e. The Bertz CT molecular complexity index is 529. The van der Waals surface area contributed by atoms with Crippen LogP contribution in [0.25, 0.3) is 0 Å². The number of amides is 1. The lowest BCUT2D eigenvalue weighted by Crippen LogP contribution is -2.54. The normalized spacial score (nSPS) is 21.4. The minimum atomic E-state index is -0.410. The zero-order valence-corrected chi connectivity index (χ0v) is 14.7. The van der Waals surface area contributed by atoms with Crippen LogP contribution in [0.2, 0.25) is 5.02 Å². The van der Waals surface area contributed by atoms with Gasteiger partial charge in [0.1, 0.15) is 5.54 Å². The van der Waals surface area contributed by atoms with Gasteiger partial charge in [-0.2, -0.15) is 0 Å². The Kier molecular flexibility index (Phi) is 5.15. The van der Waals surface area contributed by atoms with Crippen LogP contribution in [0.4, 0.5) is 5.69 Å². The summed E-state index contributed by atoms with van der Waals surface area (Å²) < 4.78 is 0. The van der Waals surface area contributed by atoms with Crippen LogP contribution < -0.4 is 5.32 Å². The molecule has 1 aliphatic heterocycles. The third-order valence-electron chi connectivity index (χ3n) is 5.57. The summed E-state index contributed by atoms with van der Waals surface area (Å²) in [6, 6.07) is 7.70. The summed E-state index contributed by atoms with van der Waals surface area (Å²) in [5.41, 5.74) is 0.584. The van der Waals surface area contributed by atoms with Gasteiger partial charge in [-0.1, -0.05) is 37.8 Å². The number of hydrogen-bond acceptors (Lipinski definition) is 2. The molecule has 0 spiro atoms. The molecule has 3 nitrogen and oxygen atoms in total. The molecule has 4 heteroatoms. The highest BCUT2D eigenvalue weighted by molar-refractivity contribution is 6.30. The van der Waals surface area contributed by atoms with E-state index in [1.165, 1.54) is 6.42 Å². The second kappa shape index (κ2) is 7.12. The van der Waals surface area contributed by atoms with Gasteiger partial charge in [-0.05, 0) is 55.9 Å². The first-order valence-electron chi connectivity index (χ1n) is 8.96. The summed E-state index contributed by atoms with van der Waals surface area (Å²) in [5.74, 6) is 1.10. The molecule has 0 unspecified atom stereocenters. The van der Waals surface area contributed by atoms with E-state index in [-0.39, 0.29) is 0 Å². The first kappa shape index (κ1) is 16.6. The summed E-state index contributed by atoms with van der Waals surface area (Å²) in [6.07, 6.45) is 7.65. The van der Waals surface area contributed by atoms with Crippen molar-refractivity contribution >= 4 is 23.2 Å². The molecule has 1 saturated carbocycles. The van der Waals surface area contributed by atoms with Gasteiger partial charge in [0.15, 0.2) is 0 Å². The third kappa shape index (κ3) is 3.65. The van der Waals surface area contributed by atoms with E-state index in [2.05, 4.69) is 17.1 Å². The number of nitrogens with zero attached hydrogens (tertiary/aromatic N) is 1. The average molecular weight is 335 g/mol. The highest BCUT2D eigenvalue weighted by atomic mass is 35.5. The summed E-state index contributed by atoms with van der Waals surface area (Å²) in [7, 11) is 0. The van der Waals surface area contributed by atoms with Crippen LogP contribution in [0.5, 0.6) is 0 Å². The zero-order chi connectivity index (χ0) is 16.3. The van der Waals surface area contributed by atoms with Crippen molar-refractivity contribution in [3.8, 4) is 0 Å². The second-order valence-electron chi connectivity index (χ2n) is 7.06. The Morgan fingerprint density at radius 1 is 1.22 bits per heavy atom. The lowest BCUT2D eigenvalue weighted by Gasteiger charge is -2.39. The number of carbonyl (C=O) groups excluding carboxylic acids is 1. The Labute approximate surface area is 144 Å². The number of halogens is 1. The number of carbonyl (C=O) groups is 1. The number of likely N-dealkylation sites (tertiary alicyclic amines) is 1. The summed E-state index contributed by atoms with van der Waals surface area (Å²) in [4.78, 5) is 15.3. The van der Waals surface area contributed by atoms with Gasteiger partial charge in [-0.3, -0.25) is 4.79 Å². The van der Waals surface area contributed by atoms with Crippen LogP contribution in [0.1, 0.15) is 51.9 Å². The van der Waals surface area contributed by atoms with Crippen LogP contribution in [-0.4, -0.2) is 29.4 Å². The minimum absolute atomic E-state index is 0.305. The van der Waals surface area contributed by atoms with Crippen molar-refractivity contribution in [2.75, 3.05) is 18.4 Å². The maximum atomic E-state index is 13.2. The topological polar surface area (TPSA) is 32.3 Å². The standard InChI is InChI=1S/C19H27ClN2O/c1-2-15-9-13-22(14-10-15)18(23)19(11-3-4-12-19)21-17-7-5-16(20)6-8-17/h5-8,15,21H,2-4,9-14H2,1H3. The minimum Gasteiger partial charge on any atom is -0.371 e. The maximum Gasteiger partial charge on any atom is 0.248 e. The molecule has 2 fully saturated rings. The highest BCUT2D eigenvalue weighted by Crippen LogP contribution is 2.36. The third-order valence-corrected chi connectivity index (χ3v) is 5.83. The van der Waals surface area contributed by atoms with Crippen LogP contribution in [-0.2, 0) is 4.79 Å². The number of hydrogen-bond donors (Lipinski definition) is 1. The molecule has 0 aromatic heterocycles. The highest BCUT2D eigenvalue weighted by Gasteiger charge is 2.44. The SMILES string of the molecule is CCC1CCN(C(=O)C2(Nc3ccc(Cl)cc3)CCCC2)CC1. The van der Waals surface area contributed by atoms with E-state index in [9.17, 15) is 4.79 Å². The Morgan fingerprint density at radius 2 is 1.83 bits per heavy atom. The van der Waals surface area contributed by atoms with Crippen molar-refractivity contribution in [2.24, 2.45) is 5.92 Å². The lowest BCUT2D eigenvalue weighted by molar-refractivity contribution is -0.137. The molecule has 126 valence electrons. The molecule has 1 aliphatic carbocycles. The first-order valence-corrected chi connectivity index (χ1v) is 9.34. The molecule has 1 aromatic carbocycles. The monoisotopic (exact) mass is 334 g/mol. The predicted molar refractivity (Wildman–Crippen MR) is 95.9 cm³/mol. The zero-order valence-electron chi connectivity index (χ0n) is 14.0. The molecular formula is C19H27ClN2O. The second-order valence-corrected chi connectivity index (χ2v) is 7.50. The van der Waals surface area contributed by atoms with E-state index in [1.54, 1.807) is 0 Å². The summed E-state index contributed by atoms with van der Waals surface area (Å²) in [6.45, 7) is 4.09. The van der Waals surface area contributed by atoms with Crippen LogP contribution >= 0.6 is 11.6 Å². The van der Waals surface area contributed by atoms with E-state index < -0.39 is 5.54 Å².